The number of nitrogens with zero attached hydrogens (tertiary/aromatic N) is 1. The van der Waals surface area contributed by atoms with Crippen molar-refractivity contribution in [1.82, 2.24) is 0 Å². The van der Waals surface area contributed by atoms with Gasteiger partial charge >= 0.3 is 0 Å². The molecule has 1 atom stereocenters. The highest BCUT2D eigenvalue weighted by molar-refractivity contribution is 7.95. The van der Waals surface area contributed by atoms with E-state index in [1.165, 1.54) is 18.3 Å². The van der Waals surface area contributed by atoms with Crippen LogP contribution in [0.3, 0.4) is 0 Å². The Morgan fingerprint density at radius 3 is 2.31 bits per heavy atom. The minimum Gasteiger partial charge on any atom is -0.392 e. The molecule has 1 aromatic rings. The Balaban J connectivity index is 3.07. The quantitative estimate of drug-likeness (QED) is 0.822. The molecule has 0 aliphatic rings. The predicted octanol–water partition coefficient (Wildman–Crippen LogP) is 1.13. The molecule has 1 aromatic carbocycles. The molecule has 6 heteroatoms. The largest absolute Gasteiger partial charge is 0.392 e. The normalized spacial score (nSPS) is 13.1. The van der Waals surface area contributed by atoms with Crippen LogP contribution in [0.4, 0.5) is 5.69 Å². The van der Waals surface area contributed by atoms with E-state index in [-0.39, 0.29) is 4.99 Å². The summed E-state index contributed by atoms with van der Waals surface area (Å²) >= 11 is 4.71. The van der Waals surface area contributed by atoms with E-state index >= 15 is 0 Å². The molecule has 0 aromatic heterocycles. The van der Waals surface area contributed by atoms with E-state index in [0.29, 0.717) is 5.69 Å². The van der Waals surface area contributed by atoms with E-state index in [2.05, 4.69) is 0 Å². The molecule has 1 rings (SSSR count). The molecule has 0 saturated carbocycles. The zero-order valence-corrected chi connectivity index (χ0v) is 10.8. The molecule has 0 heterocycles. The van der Waals surface area contributed by atoms with Crippen LogP contribution >= 0.6 is 12.2 Å². The lowest BCUT2D eigenvalue weighted by molar-refractivity contribution is 0.591. The van der Waals surface area contributed by atoms with Crippen LogP contribution in [-0.4, -0.2) is 25.7 Å². The van der Waals surface area contributed by atoms with Gasteiger partial charge in [0.2, 0.25) is 10.0 Å². The molecular formula is C10H14N2O2S2. The standard InChI is InChI=1S/C10H14N2O2S2/c1-8(10(11)15)16(13,14)12(2)9-6-4-3-5-7-9/h3-8H,1-2H3,(H2,11,15). The van der Waals surface area contributed by atoms with Gasteiger partial charge in [-0.05, 0) is 19.1 Å². The fourth-order valence-electron chi connectivity index (χ4n) is 1.17. The van der Waals surface area contributed by atoms with Gasteiger partial charge in [0.25, 0.3) is 0 Å². The average molecular weight is 258 g/mol. The second-order valence-corrected chi connectivity index (χ2v) is 6.15. The first-order chi connectivity index (χ1) is 7.37. The first-order valence-corrected chi connectivity index (χ1v) is 6.60. The van der Waals surface area contributed by atoms with E-state index in [9.17, 15) is 8.42 Å². The summed E-state index contributed by atoms with van der Waals surface area (Å²) in [5.41, 5.74) is 5.95. The lowest BCUT2D eigenvalue weighted by Crippen LogP contribution is -2.41. The number of rotatable bonds is 4. The Kier molecular flexibility index (Phi) is 3.88. The van der Waals surface area contributed by atoms with Gasteiger partial charge in [-0.2, -0.15) is 0 Å². The fraction of sp³-hybridized carbons (Fsp3) is 0.300. The number of benzene rings is 1. The summed E-state index contributed by atoms with van der Waals surface area (Å²) < 4.78 is 25.3. The molecule has 0 bridgehead atoms. The van der Waals surface area contributed by atoms with Crippen molar-refractivity contribution in [2.45, 2.75) is 12.2 Å². The molecule has 0 amide bonds. The van der Waals surface area contributed by atoms with Crippen LogP contribution in [0.2, 0.25) is 0 Å². The molecule has 0 aliphatic heterocycles. The summed E-state index contributed by atoms with van der Waals surface area (Å²) in [7, 11) is -2.04. The number of nitrogens with two attached hydrogens (primary N) is 1. The predicted molar refractivity (Wildman–Crippen MR) is 70.0 cm³/mol. The van der Waals surface area contributed by atoms with Gasteiger partial charge in [0.05, 0.1) is 10.7 Å². The van der Waals surface area contributed by atoms with Crippen molar-refractivity contribution >= 4 is 32.9 Å². The smallest absolute Gasteiger partial charge is 0.244 e. The second-order valence-electron chi connectivity index (χ2n) is 3.39. The van der Waals surface area contributed by atoms with Crippen molar-refractivity contribution in [3.8, 4) is 0 Å². The van der Waals surface area contributed by atoms with Crippen molar-refractivity contribution in [3.63, 3.8) is 0 Å². The molecule has 2 N–H and O–H groups in total. The average Bonchev–Trinajstić information content (AvgIpc) is 2.28. The summed E-state index contributed by atoms with van der Waals surface area (Å²) in [6.07, 6.45) is 0. The summed E-state index contributed by atoms with van der Waals surface area (Å²) in [6.45, 7) is 1.48. The van der Waals surface area contributed by atoms with Gasteiger partial charge in [-0.25, -0.2) is 8.42 Å². The molecule has 0 fully saturated rings. The fourth-order valence-corrected chi connectivity index (χ4v) is 2.72. The zero-order valence-electron chi connectivity index (χ0n) is 9.12. The van der Waals surface area contributed by atoms with Crippen molar-refractivity contribution in [2.75, 3.05) is 11.4 Å². The monoisotopic (exact) mass is 258 g/mol. The first-order valence-electron chi connectivity index (χ1n) is 4.69. The zero-order chi connectivity index (χ0) is 12.3. The van der Waals surface area contributed by atoms with Crippen LogP contribution in [0.15, 0.2) is 30.3 Å². The Bertz CT molecular complexity index is 471. The van der Waals surface area contributed by atoms with Crippen LogP contribution in [0.5, 0.6) is 0 Å². The maximum absolute atomic E-state index is 12.0. The molecule has 0 saturated heterocycles. The summed E-state index contributed by atoms with van der Waals surface area (Å²) in [5, 5.41) is -0.868. The van der Waals surface area contributed by atoms with Gasteiger partial charge in [0, 0.05) is 7.05 Å². The summed E-state index contributed by atoms with van der Waals surface area (Å²) in [5.74, 6) is 0. The summed E-state index contributed by atoms with van der Waals surface area (Å²) in [4.78, 5) is -0.0252. The Morgan fingerprint density at radius 1 is 1.38 bits per heavy atom. The van der Waals surface area contributed by atoms with Gasteiger partial charge in [-0.1, -0.05) is 30.4 Å². The number of hydrogen-bond acceptors (Lipinski definition) is 3. The van der Waals surface area contributed by atoms with Gasteiger partial charge in [0.1, 0.15) is 5.25 Å². The van der Waals surface area contributed by atoms with Crippen molar-refractivity contribution in [2.24, 2.45) is 5.73 Å². The number of thiocarbonyl (C=S) groups is 1. The second kappa shape index (κ2) is 4.80. The minimum atomic E-state index is -3.52. The molecule has 88 valence electrons. The first kappa shape index (κ1) is 12.9. The Morgan fingerprint density at radius 2 is 1.88 bits per heavy atom. The van der Waals surface area contributed by atoms with E-state index < -0.39 is 15.3 Å². The van der Waals surface area contributed by atoms with Crippen molar-refractivity contribution in [1.29, 1.82) is 0 Å². The lowest BCUT2D eigenvalue weighted by atomic mass is 10.3. The molecule has 16 heavy (non-hydrogen) atoms. The Labute approximate surface area is 101 Å². The molecule has 4 nitrogen and oxygen atoms in total. The van der Waals surface area contributed by atoms with E-state index in [1.807, 2.05) is 6.07 Å². The van der Waals surface area contributed by atoms with Crippen LogP contribution in [-0.2, 0) is 10.0 Å². The third kappa shape index (κ3) is 2.51. The van der Waals surface area contributed by atoms with Gasteiger partial charge in [-0.3, -0.25) is 4.31 Å². The van der Waals surface area contributed by atoms with Crippen LogP contribution in [0, 0.1) is 0 Å². The molecule has 0 radical (unpaired) electrons. The number of sulfonamides is 1. The van der Waals surface area contributed by atoms with Crippen LogP contribution in [0.1, 0.15) is 6.92 Å². The highest BCUT2D eigenvalue weighted by atomic mass is 32.2. The van der Waals surface area contributed by atoms with E-state index in [0.717, 1.165) is 0 Å². The number of para-hydroxylation sites is 1. The van der Waals surface area contributed by atoms with Crippen LogP contribution < -0.4 is 10.0 Å². The third-order valence-corrected chi connectivity index (χ3v) is 4.97. The number of anilines is 1. The lowest BCUT2D eigenvalue weighted by Gasteiger charge is -2.23. The molecular weight excluding hydrogens is 244 g/mol. The third-order valence-electron chi connectivity index (χ3n) is 2.35. The SMILES string of the molecule is CC(C(N)=S)S(=O)(=O)N(C)c1ccccc1. The highest BCUT2D eigenvalue weighted by Gasteiger charge is 2.28. The minimum absolute atomic E-state index is 0.0252. The number of hydrogen-bond donors (Lipinski definition) is 1. The van der Waals surface area contributed by atoms with E-state index in [1.54, 1.807) is 24.3 Å². The van der Waals surface area contributed by atoms with Crippen LogP contribution in [0.25, 0.3) is 0 Å². The molecule has 0 spiro atoms. The van der Waals surface area contributed by atoms with Crippen molar-refractivity contribution < 1.29 is 8.42 Å². The maximum atomic E-state index is 12.0. The topological polar surface area (TPSA) is 63.4 Å². The maximum Gasteiger partial charge on any atom is 0.244 e. The molecule has 0 aliphatic carbocycles. The van der Waals surface area contributed by atoms with Crippen molar-refractivity contribution in [3.05, 3.63) is 30.3 Å². The molecule has 1 unspecified atom stereocenters. The summed E-state index contributed by atoms with van der Waals surface area (Å²) in [6, 6.07) is 8.79. The van der Waals surface area contributed by atoms with Gasteiger partial charge in [-0.15, -0.1) is 0 Å². The van der Waals surface area contributed by atoms with Gasteiger partial charge < -0.3 is 5.73 Å². The highest BCUT2D eigenvalue weighted by Crippen LogP contribution is 2.18. The van der Waals surface area contributed by atoms with E-state index in [4.69, 9.17) is 18.0 Å². The Hall–Kier alpha value is -1.14. The van der Waals surface area contributed by atoms with Gasteiger partial charge in [0.15, 0.2) is 0 Å².